The lowest BCUT2D eigenvalue weighted by molar-refractivity contribution is -0.127. The van der Waals surface area contributed by atoms with Crippen molar-refractivity contribution in [1.82, 2.24) is 9.88 Å². The molecule has 0 spiro atoms. The summed E-state index contributed by atoms with van der Waals surface area (Å²) in [6.45, 7) is -0.0776. The van der Waals surface area contributed by atoms with E-state index in [1.807, 2.05) is 0 Å². The number of likely N-dealkylation sites (tertiary alicyclic amines) is 1. The van der Waals surface area contributed by atoms with Gasteiger partial charge in [-0.05, 0) is 37.5 Å². The van der Waals surface area contributed by atoms with Crippen molar-refractivity contribution in [3.63, 3.8) is 0 Å². The molecule has 1 aromatic heterocycles. The van der Waals surface area contributed by atoms with Crippen molar-refractivity contribution in [3.8, 4) is 0 Å². The summed E-state index contributed by atoms with van der Waals surface area (Å²) in [5.74, 6) is -0.702. The molecule has 27 heavy (non-hydrogen) atoms. The fourth-order valence-corrected chi connectivity index (χ4v) is 3.69. The number of primary amides is 1. The molecule has 1 fully saturated rings. The standard InChI is InChI=1S/C18H21F3N4O2/c19-18(20,21)11-25-14(5-2-8-24-9-3-6-16(24)26)12(17(22)27)10-13-15(25)4-1-7-23-13/h1,4,7,10,14H,2-3,5-6,8-9,11H2,(H2,22,27). The Morgan fingerprint density at radius 2 is 2.15 bits per heavy atom. The minimum absolute atomic E-state index is 0.0611. The highest BCUT2D eigenvalue weighted by Gasteiger charge is 2.39. The molecule has 1 saturated heterocycles. The summed E-state index contributed by atoms with van der Waals surface area (Å²) in [6, 6.07) is 2.31. The third kappa shape index (κ3) is 4.40. The molecule has 0 radical (unpaired) electrons. The number of fused-ring (bicyclic) bond motifs is 1. The van der Waals surface area contributed by atoms with Gasteiger partial charge in [0.15, 0.2) is 0 Å². The molecule has 2 aliphatic heterocycles. The van der Waals surface area contributed by atoms with E-state index in [0.717, 1.165) is 11.3 Å². The molecule has 9 heteroatoms. The highest BCUT2D eigenvalue weighted by molar-refractivity contribution is 6.00. The molecule has 6 nitrogen and oxygen atoms in total. The van der Waals surface area contributed by atoms with Gasteiger partial charge in [0.25, 0.3) is 0 Å². The molecular formula is C18H21F3N4O2. The monoisotopic (exact) mass is 382 g/mol. The zero-order chi connectivity index (χ0) is 19.6. The van der Waals surface area contributed by atoms with Gasteiger partial charge in [-0.15, -0.1) is 0 Å². The van der Waals surface area contributed by atoms with Gasteiger partial charge in [-0.2, -0.15) is 13.2 Å². The molecule has 3 rings (SSSR count). The number of carbonyl (C=O) groups is 2. The number of anilines is 1. The first-order chi connectivity index (χ1) is 12.8. The number of hydrogen-bond acceptors (Lipinski definition) is 4. The van der Waals surface area contributed by atoms with Crippen LogP contribution in [0.4, 0.5) is 18.9 Å². The van der Waals surface area contributed by atoms with Gasteiger partial charge in [0, 0.05) is 31.3 Å². The molecule has 3 heterocycles. The van der Waals surface area contributed by atoms with Crippen LogP contribution in [0, 0.1) is 0 Å². The van der Waals surface area contributed by atoms with Gasteiger partial charge < -0.3 is 15.5 Å². The average molecular weight is 382 g/mol. The number of hydrogen-bond donors (Lipinski definition) is 1. The number of halogens is 3. The van der Waals surface area contributed by atoms with Crippen molar-refractivity contribution in [3.05, 3.63) is 29.6 Å². The Morgan fingerprint density at radius 1 is 1.37 bits per heavy atom. The van der Waals surface area contributed by atoms with Gasteiger partial charge in [-0.25, -0.2) is 0 Å². The van der Waals surface area contributed by atoms with Crippen LogP contribution in [0.5, 0.6) is 0 Å². The van der Waals surface area contributed by atoms with Crippen LogP contribution < -0.4 is 10.6 Å². The largest absolute Gasteiger partial charge is 0.405 e. The molecule has 146 valence electrons. The van der Waals surface area contributed by atoms with Gasteiger partial charge in [-0.3, -0.25) is 14.6 Å². The normalized spacial score (nSPS) is 19.9. The van der Waals surface area contributed by atoms with Crippen LogP contribution >= 0.6 is 0 Å². The van der Waals surface area contributed by atoms with E-state index in [4.69, 9.17) is 5.73 Å². The van der Waals surface area contributed by atoms with E-state index in [1.54, 1.807) is 17.0 Å². The number of carbonyl (C=O) groups excluding carboxylic acids is 2. The first kappa shape index (κ1) is 19.2. The van der Waals surface area contributed by atoms with Gasteiger partial charge in [0.05, 0.1) is 17.4 Å². The minimum Gasteiger partial charge on any atom is -0.366 e. The van der Waals surface area contributed by atoms with Gasteiger partial charge in [0.1, 0.15) is 6.54 Å². The summed E-state index contributed by atoms with van der Waals surface area (Å²) >= 11 is 0. The van der Waals surface area contributed by atoms with Crippen molar-refractivity contribution in [1.29, 1.82) is 0 Å². The lowest BCUT2D eigenvalue weighted by Gasteiger charge is -2.38. The summed E-state index contributed by atoms with van der Waals surface area (Å²) in [5, 5.41) is 0. The molecule has 0 saturated carbocycles. The maximum absolute atomic E-state index is 13.2. The van der Waals surface area contributed by atoms with Crippen LogP contribution in [0.15, 0.2) is 23.9 Å². The molecule has 1 aromatic rings. The maximum Gasteiger partial charge on any atom is 0.405 e. The highest BCUT2D eigenvalue weighted by Crippen LogP contribution is 2.35. The molecule has 1 atom stereocenters. The van der Waals surface area contributed by atoms with Crippen LogP contribution in [-0.4, -0.2) is 53.6 Å². The van der Waals surface area contributed by atoms with E-state index in [1.165, 1.54) is 12.3 Å². The number of rotatable bonds is 6. The Labute approximate surface area is 154 Å². The third-order valence-corrected chi connectivity index (χ3v) is 4.86. The Bertz CT molecular complexity index is 763. The lowest BCUT2D eigenvalue weighted by atomic mass is 9.93. The molecule has 1 unspecified atom stereocenters. The van der Waals surface area contributed by atoms with E-state index in [9.17, 15) is 22.8 Å². The van der Waals surface area contributed by atoms with Gasteiger partial charge >= 0.3 is 6.18 Å². The predicted molar refractivity (Wildman–Crippen MR) is 93.6 cm³/mol. The zero-order valence-corrected chi connectivity index (χ0v) is 14.7. The van der Waals surface area contributed by atoms with Crippen molar-refractivity contribution >= 4 is 23.6 Å². The summed E-state index contributed by atoms with van der Waals surface area (Å²) in [6.07, 6.45) is 0.544. The van der Waals surface area contributed by atoms with Crippen LogP contribution in [0.3, 0.4) is 0 Å². The second-order valence-corrected chi connectivity index (χ2v) is 6.76. The fourth-order valence-electron chi connectivity index (χ4n) is 3.69. The topological polar surface area (TPSA) is 79.5 Å². The predicted octanol–water partition coefficient (Wildman–Crippen LogP) is 2.10. The Morgan fingerprint density at radius 3 is 2.78 bits per heavy atom. The minimum atomic E-state index is -4.45. The Hall–Kier alpha value is -2.58. The van der Waals surface area contributed by atoms with E-state index < -0.39 is 24.7 Å². The number of alkyl halides is 3. The van der Waals surface area contributed by atoms with E-state index >= 15 is 0 Å². The average Bonchev–Trinajstić information content (AvgIpc) is 3.00. The second kappa shape index (κ2) is 7.58. The number of nitrogens with zero attached hydrogens (tertiary/aromatic N) is 3. The zero-order valence-electron chi connectivity index (χ0n) is 14.7. The van der Waals surface area contributed by atoms with E-state index in [2.05, 4.69) is 4.98 Å². The number of amides is 2. The Balaban J connectivity index is 1.84. The molecule has 2 amide bonds. The smallest absolute Gasteiger partial charge is 0.366 e. The van der Waals surface area contributed by atoms with Crippen molar-refractivity contribution in [2.45, 2.75) is 37.9 Å². The van der Waals surface area contributed by atoms with Crippen molar-refractivity contribution < 1.29 is 22.8 Å². The molecular weight excluding hydrogens is 361 g/mol. The fraction of sp³-hybridized carbons (Fsp3) is 0.500. The molecule has 0 aliphatic carbocycles. The number of aromatic nitrogens is 1. The van der Waals surface area contributed by atoms with Crippen LogP contribution in [-0.2, 0) is 9.59 Å². The van der Waals surface area contributed by atoms with Gasteiger partial charge in [0.2, 0.25) is 11.8 Å². The van der Waals surface area contributed by atoms with Crippen LogP contribution in [0.1, 0.15) is 31.4 Å². The van der Waals surface area contributed by atoms with Crippen LogP contribution in [0.2, 0.25) is 0 Å². The van der Waals surface area contributed by atoms with E-state index in [-0.39, 0.29) is 17.9 Å². The van der Waals surface area contributed by atoms with Crippen molar-refractivity contribution in [2.75, 3.05) is 24.5 Å². The van der Waals surface area contributed by atoms with E-state index in [0.29, 0.717) is 37.3 Å². The summed E-state index contributed by atoms with van der Waals surface area (Å²) in [7, 11) is 0. The number of nitrogens with two attached hydrogens (primary N) is 1. The molecule has 2 N–H and O–H groups in total. The SMILES string of the molecule is NC(=O)C1=Cc2ncccc2N(CC(F)(F)F)C1CCCN1CCCC1=O. The summed E-state index contributed by atoms with van der Waals surface area (Å²) in [4.78, 5) is 30.6. The van der Waals surface area contributed by atoms with Crippen LogP contribution in [0.25, 0.3) is 6.08 Å². The highest BCUT2D eigenvalue weighted by atomic mass is 19.4. The second-order valence-electron chi connectivity index (χ2n) is 6.76. The first-order valence-electron chi connectivity index (χ1n) is 8.84. The molecule has 2 aliphatic rings. The number of pyridine rings is 1. The molecule has 0 aromatic carbocycles. The van der Waals surface area contributed by atoms with Crippen molar-refractivity contribution in [2.24, 2.45) is 5.73 Å². The Kier molecular flexibility index (Phi) is 5.38. The lowest BCUT2D eigenvalue weighted by Crippen LogP contribution is -2.47. The quantitative estimate of drug-likeness (QED) is 0.817. The first-order valence-corrected chi connectivity index (χ1v) is 8.84. The van der Waals surface area contributed by atoms with Gasteiger partial charge in [-0.1, -0.05) is 0 Å². The summed E-state index contributed by atoms with van der Waals surface area (Å²) < 4.78 is 39.6. The summed E-state index contributed by atoms with van der Waals surface area (Å²) in [5.41, 5.74) is 6.17. The third-order valence-electron chi connectivity index (χ3n) is 4.86. The maximum atomic E-state index is 13.2. The molecule has 0 bridgehead atoms.